The van der Waals surface area contributed by atoms with Crippen molar-refractivity contribution >= 4 is 5.82 Å². The average Bonchev–Trinajstić information content (AvgIpc) is 2.63. The Balaban J connectivity index is 2.60. The monoisotopic (exact) mass is 217 g/mol. The van der Waals surface area contributed by atoms with E-state index in [4.69, 9.17) is 5.73 Å². The normalized spacial score (nSPS) is 11.0. The van der Waals surface area contributed by atoms with Crippen molar-refractivity contribution in [1.29, 1.82) is 0 Å². The van der Waals surface area contributed by atoms with Gasteiger partial charge >= 0.3 is 0 Å². The Hall–Kier alpha value is -1.91. The third kappa shape index (κ3) is 1.76. The molecule has 2 aromatic heterocycles. The van der Waals surface area contributed by atoms with Crippen molar-refractivity contribution in [3.8, 4) is 11.3 Å². The van der Waals surface area contributed by atoms with Gasteiger partial charge in [-0.3, -0.25) is 4.68 Å². The van der Waals surface area contributed by atoms with Gasteiger partial charge in [0.2, 0.25) is 0 Å². The Morgan fingerprint density at radius 1 is 1.31 bits per heavy atom. The highest BCUT2D eigenvalue weighted by Crippen LogP contribution is 2.29. The minimum absolute atomic E-state index is 0.288. The van der Waals surface area contributed by atoms with Crippen LogP contribution in [0.4, 0.5) is 5.82 Å². The summed E-state index contributed by atoms with van der Waals surface area (Å²) in [7, 11) is 1.88. The molecule has 0 fully saturated rings. The lowest BCUT2D eigenvalue weighted by Crippen LogP contribution is -2.03. The summed E-state index contributed by atoms with van der Waals surface area (Å²) < 4.78 is 1.75. The van der Waals surface area contributed by atoms with Crippen molar-refractivity contribution in [2.75, 3.05) is 5.73 Å². The quantitative estimate of drug-likeness (QED) is 0.829. The molecule has 2 aromatic rings. The molecule has 0 aliphatic rings. The van der Waals surface area contributed by atoms with E-state index in [2.05, 4.69) is 28.9 Å². The summed E-state index contributed by atoms with van der Waals surface area (Å²) >= 11 is 0. The Morgan fingerprint density at radius 2 is 2.06 bits per heavy atom. The number of rotatable bonds is 2. The Morgan fingerprint density at radius 3 is 2.62 bits per heavy atom. The number of hydrogen-bond donors (Lipinski definition) is 1. The molecule has 5 heteroatoms. The molecule has 0 aliphatic carbocycles. The maximum atomic E-state index is 5.89. The van der Waals surface area contributed by atoms with E-state index >= 15 is 0 Å². The maximum absolute atomic E-state index is 5.89. The zero-order valence-electron chi connectivity index (χ0n) is 9.68. The van der Waals surface area contributed by atoms with Gasteiger partial charge in [-0.2, -0.15) is 5.10 Å². The molecule has 16 heavy (non-hydrogen) atoms. The Bertz CT molecular complexity index is 501. The molecule has 2 rings (SSSR count). The van der Waals surface area contributed by atoms with Gasteiger partial charge in [0.25, 0.3) is 0 Å². The zero-order chi connectivity index (χ0) is 11.7. The zero-order valence-corrected chi connectivity index (χ0v) is 9.68. The number of aromatic nitrogens is 4. The van der Waals surface area contributed by atoms with E-state index in [1.54, 1.807) is 10.9 Å². The summed E-state index contributed by atoms with van der Waals surface area (Å²) in [6, 6.07) is 0. The molecule has 5 nitrogen and oxygen atoms in total. The van der Waals surface area contributed by atoms with Crippen LogP contribution in [0.25, 0.3) is 11.3 Å². The van der Waals surface area contributed by atoms with Crippen LogP contribution in [-0.2, 0) is 7.05 Å². The van der Waals surface area contributed by atoms with Gasteiger partial charge in [0.05, 0.1) is 11.9 Å². The molecule has 0 saturated carbocycles. The molecule has 0 radical (unpaired) electrons. The highest BCUT2D eigenvalue weighted by molar-refractivity contribution is 5.67. The van der Waals surface area contributed by atoms with Crippen molar-refractivity contribution in [2.24, 2.45) is 7.05 Å². The van der Waals surface area contributed by atoms with Gasteiger partial charge in [-0.15, -0.1) is 0 Å². The molecule has 84 valence electrons. The van der Waals surface area contributed by atoms with Crippen LogP contribution in [-0.4, -0.2) is 19.7 Å². The van der Waals surface area contributed by atoms with E-state index in [0.717, 1.165) is 16.8 Å². The highest BCUT2D eigenvalue weighted by Gasteiger charge is 2.15. The highest BCUT2D eigenvalue weighted by atomic mass is 15.2. The van der Waals surface area contributed by atoms with Gasteiger partial charge < -0.3 is 5.73 Å². The number of nitrogens with zero attached hydrogens (tertiary/aromatic N) is 4. The summed E-state index contributed by atoms with van der Waals surface area (Å²) in [5, 5.41) is 4.14. The Kier molecular flexibility index (Phi) is 2.60. The Labute approximate surface area is 94.3 Å². The van der Waals surface area contributed by atoms with Crippen LogP contribution in [0.1, 0.15) is 25.3 Å². The summed E-state index contributed by atoms with van der Waals surface area (Å²) in [6.45, 7) is 4.16. The molecule has 0 spiro atoms. The van der Waals surface area contributed by atoms with Crippen LogP contribution in [0.5, 0.6) is 0 Å². The molecule has 0 amide bonds. The molecule has 0 bridgehead atoms. The van der Waals surface area contributed by atoms with E-state index in [0.29, 0.717) is 5.82 Å². The number of nitrogens with two attached hydrogens (primary N) is 1. The standard InChI is InChI=1S/C11H15N5/c1-7(2)9-10(13-6-14-11(9)12)8-4-15-16(3)5-8/h4-7H,1-3H3,(H2,12,13,14). The molecule has 0 aliphatic heterocycles. The minimum atomic E-state index is 0.288. The van der Waals surface area contributed by atoms with Gasteiger partial charge in [0, 0.05) is 24.4 Å². The first-order valence-corrected chi connectivity index (χ1v) is 5.19. The lowest BCUT2D eigenvalue weighted by atomic mass is 9.99. The van der Waals surface area contributed by atoms with E-state index in [1.165, 1.54) is 6.33 Å². The molecule has 2 heterocycles. The van der Waals surface area contributed by atoms with E-state index in [1.807, 2.05) is 13.2 Å². The minimum Gasteiger partial charge on any atom is -0.383 e. The van der Waals surface area contributed by atoms with E-state index in [-0.39, 0.29) is 5.92 Å². The van der Waals surface area contributed by atoms with Gasteiger partial charge in [-0.25, -0.2) is 9.97 Å². The van der Waals surface area contributed by atoms with Crippen molar-refractivity contribution in [1.82, 2.24) is 19.7 Å². The third-order valence-corrected chi connectivity index (χ3v) is 2.47. The van der Waals surface area contributed by atoms with Crippen molar-refractivity contribution in [3.05, 3.63) is 24.3 Å². The van der Waals surface area contributed by atoms with Crippen LogP contribution >= 0.6 is 0 Å². The van der Waals surface area contributed by atoms with Crippen LogP contribution in [0.2, 0.25) is 0 Å². The lowest BCUT2D eigenvalue weighted by molar-refractivity contribution is 0.768. The predicted molar refractivity (Wildman–Crippen MR) is 62.7 cm³/mol. The van der Waals surface area contributed by atoms with Gasteiger partial charge in [-0.05, 0) is 5.92 Å². The molecular formula is C11H15N5. The fourth-order valence-corrected chi connectivity index (χ4v) is 1.75. The summed E-state index contributed by atoms with van der Waals surface area (Å²) in [4.78, 5) is 8.33. The average molecular weight is 217 g/mol. The molecular weight excluding hydrogens is 202 g/mol. The predicted octanol–water partition coefficient (Wildman–Crippen LogP) is 1.58. The van der Waals surface area contributed by atoms with Crippen molar-refractivity contribution < 1.29 is 0 Å². The smallest absolute Gasteiger partial charge is 0.130 e. The largest absolute Gasteiger partial charge is 0.383 e. The maximum Gasteiger partial charge on any atom is 0.130 e. The number of nitrogen functional groups attached to an aromatic ring is 1. The summed E-state index contributed by atoms with van der Waals surface area (Å²) in [5.74, 6) is 0.834. The fourth-order valence-electron chi connectivity index (χ4n) is 1.75. The molecule has 0 atom stereocenters. The van der Waals surface area contributed by atoms with Crippen molar-refractivity contribution in [2.45, 2.75) is 19.8 Å². The lowest BCUT2D eigenvalue weighted by Gasteiger charge is -2.11. The van der Waals surface area contributed by atoms with Crippen LogP contribution in [0.3, 0.4) is 0 Å². The molecule has 0 saturated heterocycles. The van der Waals surface area contributed by atoms with Crippen LogP contribution in [0, 0.1) is 0 Å². The summed E-state index contributed by atoms with van der Waals surface area (Å²) in [6.07, 6.45) is 5.20. The second-order valence-corrected chi connectivity index (χ2v) is 4.08. The first-order valence-electron chi connectivity index (χ1n) is 5.19. The molecule has 0 unspecified atom stereocenters. The van der Waals surface area contributed by atoms with Gasteiger partial charge in [0.1, 0.15) is 12.1 Å². The third-order valence-electron chi connectivity index (χ3n) is 2.47. The topological polar surface area (TPSA) is 69.6 Å². The summed E-state index contributed by atoms with van der Waals surface area (Å²) in [5.41, 5.74) is 8.71. The first-order chi connectivity index (χ1) is 7.59. The first kappa shape index (κ1) is 10.6. The van der Waals surface area contributed by atoms with Gasteiger partial charge in [0.15, 0.2) is 0 Å². The molecule has 2 N–H and O–H groups in total. The van der Waals surface area contributed by atoms with Crippen molar-refractivity contribution in [3.63, 3.8) is 0 Å². The van der Waals surface area contributed by atoms with Gasteiger partial charge in [-0.1, -0.05) is 13.8 Å². The number of hydrogen-bond acceptors (Lipinski definition) is 4. The van der Waals surface area contributed by atoms with E-state index < -0.39 is 0 Å². The fraction of sp³-hybridized carbons (Fsp3) is 0.364. The second kappa shape index (κ2) is 3.92. The SMILES string of the molecule is CC(C)c1c(N)ncnc1-c1cnn(C)c1. The number of anilines is 1. The van der Waals surface area contributed by atoms with E-state index in [9.17, 15) is 0 Å². The number of aryl methyl sites for hydroxylation is 1. The second-order valence-electron chi connectivity index (χ2n) is 4.08. The molecule has 0 aromatic carbocycles. The van der Waals surface area contributed by atoms with Crippen LogP contribution < -0.4 is 5.73 Å². The van der Waals surface area contributed by atoms with Crippen LogP contribution in [0.15, 0.2) is 18.7 Å².